The summed E-state index contributed by atoms with van der Waals surface area (Å²) in [4.78, 5) is 2.60. The van der Waals surface area contributed by atoms with Crippen LogP contribution in [0.4, 0.5) is 0 Å². The van der Waals surface area contributed by atoms with Crippen LogP contribution in [0.15, 0.2) is 0 Å². The third-order valence-electron chi connectivity index (χ3n) is 3.32. The fraction of sp³-hybridized carbons (Fsp3) is 1.00. The molecule has 0 aromatic heterocycles. The van der Waals surface area contributed by atoms with E-state index in [0.29, 0.717) is 6.04 Å². The number of nitrogens with zero attached hydrogens (tertiary/aromatic N) is 1. The summed E-state index contributed by atoms with van der Waals surface area (Å²) in [6.45, 7) is 11.2. The van der Waals surface area contributed by atoms with Crippen molar-refractivity contribution >= 4 is 0 Å². The van der Waals surface area contributed by atoms with Crippen molar-refractivity contribution in [1.82, 2.24) is 10.2 Å². The number of rotatable bonds is 5. The van der Waals surface area contributed by atoms with Crippen LogP contribution in [0, 0.1) is 0 Å². The Balaban J connectivity index is 2.58. The van der Waals surface area contributed by atoms with Crippen molar-refractivity contribution in [3.63, 3.8) is 0 Å². The average molecular weight is 228 g/mol. The number of methoxy groups -OCH3 is 1. The fourth-order valence-corrected chi connectivity index (χ4v) is 2.56. The lowest BCUT2D eigenvalue weighted by Gasteiger charge is -2.35. The van der Waals surface area contributed by atoms with Crippen LogP contribution in [0.1, 0.15) is 40.0 Å². The van der Waals surface area contributed by atoms with E-state index in [0.717, 1.165) is 19.7 Å². The van der Waals surface area contributed by atoms with Gasteiger partial charge in [0.25, 0.3) is 0 Å². The summed E-state index contributed by atoms with van der Waals surface area (Å²) in [7, 11) is 1.81. The second kappa shape index (κ2) is 6.58. The summed E-state index contributed by atoms with van der Waals surface area (Å²) in [5, 5.41) is 3.61. The molecule has 3 nitrogen and oxygen atoms in total. The molecule has 16 heavy (non-hydrogen) atoms. The minimum atomic E-state index is 0.232. The van der Waals surface area contributed by atoms with Gasteiger partial charge in [-0.15, -0.1) is 0 Å². The molecule has 0 saturated carbocycles. The van der Waals surface area contributed by atoms with E-state index in [4.69, 9.17) is 4.74 Å². The van der Waals surface area contributed by atoms with Gasteiger partial charge in [0, 0.05) is 25.2 Å². The van der Waals surface area contributed by atoms with Crippen LogP contribution in [-0.4, -0.2) is 49.8 Å². The highest BCUT2D eigenvalue weighted by Crippen LogP contribution is 2.16. The quantitative estimate of drug-likeness (QED) is 0.777. The fourth-order valence-electron chi connectivity index (χ4n) is 2.56. The van der Waals surface area contributed by atoms with Crippen molar-refractivity contribution in [3.8, 4) is 0 Å². The molecule has 1 N–H and O–H groups in total. The van der Waals surface area contributed by atoms with Gasteiger partial charge in [-0.2, -0.15) is 0 Å². The van der Waals surface area contributed by atoms with Crippen molar-refractivity contribution in [2.45, 2.75) is 51.6 Å². The van der Waals surface area contributed by atoms with E-state index in [-0.39, 0.29) is 5.54 Å². The van der Waals surface area contributed by atoms with Crippen LogP contribution in [0.3, 0.4) is 0 Å². The number of nitrogens with one attached hydrogen (secondary N) is 1. The summed E-state index contributed by atoms with van der Waals surface area (Å²) in [6, 6.07) is 0.592. The third-order valence-corrected chi connectivity index (χ3v) is 3.32. The number of hydrogen-bond donors (Lipinski definition) is 1. The van der Waals surface area contributed by atoms with Crippen LogP contribution >= 0.6 is 0 Å². The third kappa shape index (κ3) is 4.40. The van der Waals surface area contributed by atoms with E-state index >= 15 is 0 Å². The zero-order valence-electron chi connectivity index (χ0n) is 11.4. The van der Waals surface area contributed by atoms with Gasteiger partial charge in [-0.1, -0.05) is 13.3 Å². The van der Waals surface area contributed by atoms with Crippen molar-refractivity contribution in [2.24, 2.45) is 0 Å². The molecule has 96 valence electrons. The first-order valence-electron chi connectivity index (χ1n) is 6.57. The Morgan fingerprint density at radius 1 is 1.44 bits per heavy atom. The first-order valence-corrected chi connectivity index (χ1v) is 6.57. The van der Waals surface area contributed by atoms with Crippen molar-refractivity contribution in [1.29, 1.82) is 0 Å². The second-order valence-electron chi connectivity index (χ2n) is 5.53. The largest absolute Gasteiger partial charge is 0.383 e. The molecule has 3 heteroatoms. The standard InChI is InChI=1S/C13H28N2O/c1-5-7-12(10-16-4)15-9-6-8-14-13(2,3)11-15/h12,14H,5-11H2,1-4H3. The molecule has 1 unspecified atom stereocenters. The second-order valence-corrected chi connectivity index (χ2v) is 5.53. The summed E-state index contributed by atoms with van der Waals surface area (Å²) < 4.78 is 5.36. The van der Waals surface area contributed by atoms with Gasteiger partial charge in [0.1, 0.15) is 0 Å². The van der Waals surface area contributed by atoms with Gasteiger partial charge >= 0.3 is 0 Å². The van der Waals surface area contributed by atoms with Crippen LogP contribution in [0.25, 0.3) is 0 Å². The molecule has 1 atom stereocenters. The SMILES string of the molecule is CCCC(COC)N1CCCNC(C)(C)C1. The Kier molecular flexibility index (Phi) is 5.73. The molecule has 0 aromatic rings. The minimum Gasteiger partial charge on any atom is -0.383 e. The maximum Gasteiger partial charge on any atom is 0.0618 e. The summed E-state index contributed by atoms with van der Waals surface area (Å²) in [5.74, 6) is 0. The normalized spacial score (nSPS) is 24.0. The smallest absolute Gasteiger partial charge is 0.0618 e. The van der Waals surface area contributed by atoms with Crippen molar-refractivity contribution in [3.05, 3.63) is 0 Å². The maximum absolute atomic E-state index is 5.36. The van der Waals surface area contributed by atoms with Crippen molar-refractivity contribution in [2.75, 3.05) is 33.4 Å². The first kappa shape index (κ1) is 13.9. The van der Waals surface area contributed by atoms with E-state index in [1.165, 1.54) is 25.8 Å². The molecule has 0 amide bonds. The zero-order chi connectivity index (χ0) is 12.0. The molecule has 0 aromatic carbocycles. The Bertz CT molecular complexity index is 188. The van der Waals surface area contributed by atoms with E-state index < -0.39 is 0 Å². The number of ether oxygens (including phenoxy) is 1. The molecule has 0 aliphatic carbocycles. The highest BCUT2D eigenvalue weighted by molar-refractivity contribution is 4.87. The van der Waals surface area contributed by atoms with Crippen LogP contribution in [0.2, 0.25) is 0 Å². The van der Waals surface area contributed by atoms with Gasteiger partial charge in [-0.05, 0) is 39.8 Å². The number of hydrogen-bond acceptors (Lipinski definition) is 3. The van der Waals surface area contributed by atoms with Gasteiger partial charge in [0.05, 0.1) is 6.61 Å². The molecule has 0 bridgehead atoms. The highest BCUT2D eigenvalue weighted by Gasteiger charge is 2.27. The molecule has 1 aliphatic heterocycles. The molecule has 1 aliphatic rings. The molecule has 1 fully saturated rings. The van der Waals surface area contributed by atoms with Crippen LogP contribution in [0.5, 0.6) is 0 Å². The van der Waals surface area contributed by atoms with Crippen LogP contribution in [-0.2, 0) is 4.74 Å². The molecule has 1 rings (SSSR count). The zero-order valence-corrected chi connectivity index (χ0v) is 11.4. The van der Waals surface area contributed by atoms with Crippen LogP contribution < -0.4 is 5.32 Å². The predicted molar refractivity (Wildman–Crippen MR) is 68.8 cm³/mol. The Labute approximate surface area is 101 Å². The Morgan fingerprint density at radius 3 is 2.81 bits per heavy atom. The van der Waals surface area contributed by atoms with E-state index in [1.54, 1.807) is 0 Å². The highest BCUT2D eigenvalue weighted by atomic mass is 16.5. The predicted octanol–water partition coefficient (Wildman–Crippen LogP) is 1.88. The minimum absolute atomic E-state index is 0.232. The van der Waals surface area contributed by atoms with Gasteiger partial charge in [-0.25, -0.2) is 0 Å². The van der Waals surface area contributed by atoms with E-state index in [2.05, 4.69) is 31.0 Å². The molecule has 0 radical (unpaired) electrons. The molecule has 1 saturated heterocycles. The maximum atomic E-state index is 5.36. The van der Waals surface area contributed by atoms with Gasteiger partial charge < -0.3 is 10.1 Å². The van der Waals surface area contributed by atoms with Crippen molar-refractivity contribution < 1.29 is 4.74 Å². The molecular formula is C13H28N2O. The summed E-state index contributed by atoms with van der Waals surface area (Å²) in [6.07, 6.45) is 3.72. The van der Waals surface area contributed by atoms with Gasteiger partial charge in [0.15, 0.2) is 0 Å². The average Bonchev–Trinajstić information content (AvgIpc) is 2.39. The molecular weight excluding hydrogens is 200 g/mol. The van der Waals surface area contributed by atoms with E-state index in [1.807, 2.05) is 7.11 Å². The first-order chi connectivity index (χ1) is 7.59. The monoisotopic (exact) mass is 228 g/mol. The van der Waals surface area contributed by atoms with E-state index in [9.17, 15) is 0 Å². The lowest BCUT2D eigenvalue weighted by atomic mass is 10.0. The lowest BCUT2D eigenvalue weighted by Crippen LogP contribution is -2.50. The topological polar surface area (TPSA) is 24.5 Å². The van der Waals surface area contributed by atoms with Gasteiger partial charge in [0.2, 0.25) is 0 Å². The molecule has 0 spiro atoms. The molecule has 1 heterocycles. The Hall–Kier alpha value is -0.120. The summed E-state index contributed by atoms with van der Waals surface area (Å²) in [5.41, 5.74) is 0.232. The summed E-state index contributed by atoms with van der Waals surface area (Å²) >= 11 is 0. The van der Waals surface area contributed by atoms with Gasteiger partial charge in [-0.3, -0.25) is 4.90 Å². The lowest BCUT2D eigenvalue weighted by molar-refractivity contribution is 0.0755. The Morgan fingerprint density at radius 2 is 2.19 bits per heavy atom.